The van der Waals surface area contributed by atoms with E-state index in [0.29, 0.717) is 18.9 Å². The molecule has 0 radical (unpaired) electrons. The van der Waals surface area contributed by atoms with Gasteiger partial charge in [0.25, 0.3) is 0 Å². The van der Waals surface area contributed by atoms with E-state index < -0.39 is 11.4 Å². The zero-order chi connectivity index (χ0) is 19.1. The molecule has 1 aliphatic carbocycles. The van der Waals surface area contributed by atoms with Crippen molar-refractivity contribution in [3.8, 4) is 11.6 Å². The molecule has 6 nitrogen and oxygen atoms in total. The number of rotatable bonds is 6. The van der Waals surface area contributed by atoms with Crippen molar-refractivity contribution in [3.05, 3.63) is 47.7 Å². The molecular weight excluding hydrogens is 342 g/mol. The van der Waals surface area contributed by atoms with Gasteiger partial charge >= 0.3 is 0 Å². The fraction of sp³-hybridized carbons (Fsp3) is 0.429. The van der Waals surface area contributed by atoms with Gasteiger partial charge in [-0.25, -0.2) is 4.98 Å². The van der Waals surface area contributed by atoms with E-state index in [1.807, 2.05) is 25.1 Å². The summed E-state index contributed by atoms with van der Waals surface area (Å²) in [6.45, 7) is 5.10. The Morgan fingerprint density at radius 3 is 2.81 bits per heavy atom. The monoisotopic (exact) mass is 367 g/mol. The lowest BCUT2D eigenvalue weighted by Gasteiger charge is -2.28. The van der Waals surface area contributed by atoms with Crippen molar-refractivity contribution >= 4 is 11.6 Å². The fourth-order valence-corrected chi connectivity index (χ4v) is 3.63. The summed E-state index contributed by atoms with van der Waals surface area (Å²) in [5.41, 5.74) is 8.02. The zero-order valence-electron chi connectivity index (χ0n) is 15.7. The SMILES string of the molecule is CC[C@@](C)(Nc1ccc(Oc2cccc3c2C2(CC2)COC3)nc1)C(N)=O. The van der Waals surface area contributed by atoms with E-state index in [4.69, 9.17) is 15.2 Å². The highest BCUT2D eigenvalue weighted by molar-refractivity contribution is 5.87. The van der Waals surface area contributed by atoms with Gasteiger partial charge in [0.2, 0.25) is 11.8 Å². The minimum absolute atomic E-state index is 0.121. The molecule has 4 rings (SSSR count). The van der Waals surface area contributed by atoms with Crippen molar-refractivity contribution < 1.29 is 14.3 Å². The molecule has 1 aromatic heterocycles. The van der Waals surface area contributed by atoms with E-state index in [2.05, 4.69) is 16.4 Å². The summed E-state index contributed by atoms with van der Waals surface area (Å²) < 4.78 is 11.9. The lowest BCUT2D eigenvalue weighted by molar-refractivity contribution is -0.121. The number of nitrogens with zero attached hydrogens (tertiary/aromatic N) is 1. The van der Waals surface area contributed by atoms with Crippen molar-refractivity contribution in [1.29, 1.82) is 0 Å². The summed E-state index contributed by atoms with van der Waals surface area (Å²) >= 11 is 0. The number of ether oxygens (including phenoxy) is 2. The summed E-state index contributed by atoms with van der Waals surface area (Å²) in [4.78, 5) is 16.1. The first-order valence-corrected chi connectivity index (χ1v) is 9.38. The highest BCUT2D eigenvalue weighted by Crippen LogP contribution is 2.55. The van der Waals surface area contributed by atoms with Crippen LogP contribution in [0.25, 0.3) is 0 Å². The average molecular weight is 367 g/mol. The van der Waals surface area contributed by atoms with E-state index in [0.717, 1.165) is 30.9 Å². The second-order valence-corrected chi connectivity index (χ2v) is 7.73. The smallest absolute Gasteiger partial charge is 0.242 e. The van der Waals surface area contributed by atoms with Gasteiger partial charge in [-0.3, -0.25) is 4.79 Å². The Bertz CT molecular complexity index is 861. The number of nitrogens with one attached hydrogen (secondary N) is 1. The van der Waals surface area contributed by atoms with Gasteiger partial charge in [-0.05, 0) is 43.9 Å². The Hall–Kier alpha value is -2.60. The number of benzene rings is 1. The molecule has 142 valence electrons. The standard InChI is InChI=1S/C21H25N3O3/c1-3-20(2,19(22)25)24-15-7-8-17(23-11-15)27-16-6-4-5-14-12-26-13-21(9-10-21)18(14)16/h4-8,11,24H,3,9-10,12-13H2,1-2H3,(H2,22,25)/t20-/m1/s1. The van der Waals surface area contributed by atoms with Crippen molar-refractivity contribution in [3.63, 3.8) is 0 Å². The molecule has 1 saturated carbocycles. The molecule has 1 aromatic carbocycles. The maximum Gasteiger partial charge on any atom is 0.242 e. The molecular formula is C21H25N3O3. The summed E-state index contributed by atoms with van der Waals surface area (Å²) in [6, 6.07) is 9.76. The third-order valence-corrected chi connectivity index (χ3v) is 5.75. The van der Waals surface area contributed by atoms with Gasteiger partial charge in [-0.15, -0.1) is 0 Å². The first kappa shape index (κ1) is 17.8. The topological polar surface area (TPSA) is 86.5 Å². The molecule has 1 atom stereocenters. The van der Waals surface area contributed by atoms with Crippen molar-refractivity contribution in [2.24, 2.45) is 5.73 Å². The zero-order valence-corrected chi connectivity index (χ0v) is 15.7. The predicted molar refractivity (Wildman–Crippen MR) is 103 cm³/mol. The van der Waals surface area contributed by atoms with Crippen LogP contribution < -0.4 is 15.8 Å². The van der Waals surface area contributed by atoms with E-state index in [-0.39, 0.29) is 5.41 Å². The minimum Gasteiger partial charge on any atom is -0.439 e. The number of primary amides is 1. The fourth-order valence-electron chi connectivity index (χ4n) is 3.63. The van der Waals surface area contributed by atoms with Crippen LogP contribution in [0.15, 0.2) is 36.5 Å². The molecule has 1 spiro atoms. The molecule has 2 aliphatic rings. The number of amides is 1. The number of hydrogen-bond acceptors (Lipinski definition) is 5. The number of anilines is 1. The number of aromatic nitrogens is 1. The van der Waals surface area contributed by atoms with Crippen LogP contribution in [-0.2, 0) is 21.6 Å². The first-order chi connectivity index (χ1) is 13.0. The van der Waals surface area contributed by atoms with E-state index >= 15 is 0 Å². The first-order valence-electron chi connectivity index (χ1n) is 9.38. The number of pyridine rings is 1. The maximum absolute atomic E-state index is 11.7. The van der Waals surface area contributed by atoms with Crippen LogP contribution in [0.4, 0.5) is 5.69 Å². The number of nitrogens with two attached hydrogens (primary N) is 1. The molecule has 1 amide bonds. The molecule has 0 bridgehead atoms. The van der Waals surface area contributed by atoms with Gasteiger partial charge < -0.3 is 20.5 Å². The van der Waals surface area contributed by atoms with Crippen LogP contribution in [0.1, 0.15) is 44.2 Å². The summed E-state index contributed by atoms with van der Waals surface area (Å²) in [5, 5.41) is 3.16. The Labute approximate surface area is 159 Å². The van der Waals surface area contributed by atoms with Gasteiger partial charge in [0, 0.05) is 17.0 Å². The van der Waals surface area contributed by atoms with Crippen LogP contribution in [0.2, 0.25) is 0 Å². The Kier molecular flexibility index (Phi) is 4.30. The number of hydrogen-bond donors (Lipinski definition) is 2. The highest BCUT2D eigenvalue weighted by Gasteiger charge is 2.49. The second kappa shape index (κ2) is 6.53. The third-order valence-electron chi connectivity index (χ3n) is 5.75. The molecule has 6 heteroatoms. The molecule has 3 N–H and O–H groups in total. The molecule has 2 aromatic rings. The van der Waals surface area contributed by atoms with E-state index in [1.54, 1.807) is 19.2 Å². The molecule has 1 aliphatic heterocycles. The second-order valence-electron chi connectivity index (χ2n) is 7.73. The van der Waals surface area contributed by atoms with Crippen LogP contribution >= 0.6 is 0 Å². The van der Waals surface area contributed by atoms with E-state index in [9.17, 15) is 4.79 Å². The largest absolute Gasteiger partial charge is 0.439 e. The number of carbonyl (C=O) groups excluding carboxylic acids is 1. The number of fused-ring (bicyclic) bond motifs is 2. The third kappa shape index (κ3) is 3.25. The van der Waals surface area contributed by atoms with Gasteiger partial charge in [0.15, 0.2) is 0 Å². The highest BCUT2D eigenvalue weighted by atomic mass is 16.5. The van der Waals surface area contributed by atoms with Crippen LogP contribution in [-0.4, -0.2) is 23.0 Å². The molecule has 0 unspecified atom stereocenters. The minimum atomic E-state index is -0.805. The quantitative estimate of drug-likeness (QED) is 0.816. The van der Waals surface area contributed by atoms with Gasteiger partial charge in [0.1, 0.15) is 11.3 Å². The van der Waals surface area contributed by atoms with Crippen molar-refractivity contribution in [1.82, 2.24) is 4.98 Å². The van der Waals surface area contributed by atoms with Crippen LogP contribution in [0, 0.1) is 0 Å². The average Bonchev–Trinajstić information content (AvgIpc) is 3.43. The van der Waals surface area contributed by atoms with Crippen molar-refractivity contribution in [2.75, 3.05) is 11.9 Å². The van der Waals surface area contributed by atoms with Crippen molar-refractivity contribution in [2.45, 2.75) is 50.7 Å². The predicted octanol–water partition coefficient (Wildman–Crippen LogP) is 3.50. The lowest BCUT2D eigenvalue weighted by atomic mass is 9.89. The molecule has 0 saturated heterocycles. The van der Waals surface area contributed by atoms with Crippen LogP contribution in [0.3, 0.4) is 0 Å². The number of carbonyl (C=O) groups is 1. The Balaban J connectivity index is 1.54. The normalized spacial score (nSPS) is 19.0. The Morgan fingerprint density at radius 1 is 1.37 bits per heavy atom. The van der Waals surface area contributed by atoms with Crippen LogP contribution in [0.5, 0.6) is 11.6 Å². The molecule has 27 heavy (non-hydrogen) atoms. The summed E-state index contributed by atoms with van der Waals surface area (Å²) in [7, 11) is 0. The molecule has 2 heterocycles. The molecule has 1 fully saturated rings. The maximum atomic E-state index is 11.7. The summed E-state index contributed by atoms with van der Waals surface area (Å²) in [5.74, 6) is 0.990. The van der Waals surface area contributed by atoms with Gasteiger partial charge in [-0.1, -0.05) is 19.1 Å². The van der Waals surface area contributed by atoms with E-state index in [1.165, 1.54) is 11.1 Å². The van der Waals surface area contributed by atoms with Gasteiger partial charge in [0.05, 0.1) is 25.1 Å². The van der Waals surface area contributed by atoms with Gasteiger partial charge in [-0.2, -0.15) is 0 Å². The summed E-state index contributed by atoms with van der Waals surface area (Å²) in [6.07, 6.45) is 4.53. The Morgan fingerprint density at radius 2 is 2.19 bits per heavy atom. The lowest BCUT2D eigenvalue weighted by Crippen LogP contribution is -2.47.